The van der Waals surface area contributed by atoms with Gasteiger partial charge in [-0.1, -0.05) is 0 Å². The van der Waals surface area contributed by atoms with Crippen molar-refractivity contribution in [3.8, 4) is 0 Å². The third kappa shape index (κ3) is 1.70. The molecule has 2 aromatic heterocycles. The van der Waals surface area contributed by atoms with Gasteiger partial charge in [0, 0.05) is 12.6 Å². The molecule has 0 saturated carbocycles. The van der Waals surface area contributed by atoms with Crippen LogP contribution in [0.15, 0.2) is 12.4 Å². The molecule has 2 aromatic rings. The summed E-state index contributed by atoms with van der Waals surface area (Å²) in [6.45, 7) is -0.228. The maximum atomic E-state index is 9.70. The van der Waals surface area contributed by atoms with Crippen molar-refractivity contribution in [2.45, 2.75) is 24.9 Å². The molecule has 0 aliphatic carbocycles. The third-order valence-electron chi connectivity index (χ3n) is 3.01. The zero-order chi connectivity index (χ0) is 12.7. The van der Waals surface area contributed by atoms with Crippen molar-refractivity contribution < 1.29 is 14.9 Å². The number of rotatable bonds is 2. The predicted octanol–water partition coefficient (Wildman–Crippen LogP) is -0.951. The topological polar surface area (TPSA) is 119 Å². The van der Waals surface area contributed by atoms with Crippen LogP contribution in [0.5, 0.6) is 0 Å². The first-order valence-electron chi connectivity index (χ1n) is 5.59. The minimum absolute atomic E-state index is 0.154. The van der Waals surface area contributed by atoms with E-state index in [0.717, 1.165) is 5.39 Å². The van der Waals surface area contributed by atoms with E-state index in [1.807, 2.05) is 0 Å². The van der Waals surface area contributed by atoms with Crippen LogP contribution in [0.1, 0.15) is 12.6 Å². The number of aliphatic hydroxyl groups is 2. The van der Waals surface area contributed by atoms with Crippen LogP contribution in [0.25, 0.3) is 11.0 Å². The van der Waals surface area contributed by atoms with Gasteiger partial charge in [0.1, 0.15) is 6.10 Å². The summed E-state index contributed by atoms with van der Waals surface area (Å²) < 4.78 is 7.06. The van der Waals surface area contributed by atoms with Gasteiger partial charge in [0.15, 0.2) is 11.9 Å². The number of nitrogen functional groups attached to an aromatic ring is 1. The van der Waals surface area contributed by atoms with Gasteiger partial charge in [0.2, 0.25) is 5.95 Å². The normalized spacial score (nSPS) is 28.0. The summed E-state index contributed by atoms with van der Waals surface area (Å²) in [6.07, 6.45) is 1.79. The van der Waals surface area contributed by atoms with E-state index >= 15 is 0 Å². The first-order chi connectivity index (χ1) is 8.69. The molecular formula is C10H13N5O3. The van der Waals surface area contributed by atoms with Crippen LogP contribution in [-0.4, -0.2) is 48.8 Å². The molecule has 3 rings (SSSR count). The van der Waals surface area contributed by atoms with Crippen molar-refractivity contribution in [1.29, 1.82) is 0 Å². The Morgan fingerprint density at radius 1 is 1.50 bits per heavy atom. The second-order valence-electron chi connectivity index (χ2n) is 4.21. The van der Waals surface area contributed by atoms with Gasteiger partial charge >= 0.3 is 0 Å². The molecule has 8 heteroatoms. The number of nitrogens with zero attached hydrogens (tertiary/aromatic N) is 4. The van der Waals surface area contributed by atoms with Crippen molar-refractivity contribution in [1.82, 2.24) is 19.7 Å². The van der Waals surface area contributed by atoms with E-state index in [9.17, 15) is 5.11 Å². The molecule has 0 radical (unpaired) electrons. The smallest absolute Gasteiger partial charge is 0.222 e. The van der Waals surface area contributed by atoms with Gasteiger partial charge in [-0.15, -0.1) is 0 Å². The maximum Gasteiger partial charge on any atom is 0.222 e. The Balaban J connectivity index is 1.98. The Morgan fingerprint density at radius 3 is 3.06 bits per heavy atom. The van der Waals surface area contributed by atoms with Gasteiger partial charge in [0.05, 0.1) is 24.3 Å². The van der Waals surface area contributed by atoms with Gasteiger partial charge in [-0.05, 0) is 0 Å². The van der Waals surface area contributed by atoms with Gasteiger partial charge in [-0.3, -0.25) is 0 Å². The lowest BCUT2D eigenvalue weighted by Gasteiger charge is -2.12. The van der Waals surface area contributed by atoms with Gasteiger partial charge in [0.25, 0.3) is 0 Å². The summed E-state index contributed by atoms with van der Waals surface area (Å²) in [6, 6.07) is 0. The predicted molar refractivity (Wildman–Crippen MR) is 61.4 cm³/mol. The van der Waals surface area contributed by atoms with Gasteiger partial charge < -0.3 is 20.7 Å². The molecule has 96 valence electrons. The summed E-state index contributed by atoms with van der Waals surface area (Å²) in [5, 5.41) is 23.7. The van der Waals surface area contributed by atoms with Crippen LogP contribution in [0.3, 0.4) is 0 Å². The highest BCUT2D eigenvalue weighted by Crippen LogP contribution is 2.30. The zero-order valence-electron chi connectivity index (χ0n) is 9.47. The molecule has 0 aromatic carbocycles. The van der Waals surface area contributed by atoms with E-state index in [2.05, 4.69) is 15.1 Å². The number of ether oxygens (including phenoxy) is 1. The van der Waals surface area contributed by atoms with Crippen molar-refractivity contribution >= 4 is 17.0 Å². The van der Waals surface area contributed by atoms with E-state index in [-0.39, 0.29) is 12.6 Å². The lowest BCUT2D eigenvalue weighted by atomic mass is 10.2. The minimum Gasteiger partial charge on any atom is -0.394 e. The number of aromatic nitrogens is 4. The van der Waals surface area contributed by atoms with Gasteiger partial charge in [-0.25, -0.2) is 9.67 Å². The fourth-order valence-electron chi connectivity index (χ4n) is 2.09. The molecular weight excluding hydrogens is 238 g/mol. The standard InChI is InChI=1S/C10H13N5O3/c11-10-12-2-5-3-13-15(9(5)14-10)8-1-6(17)7(4-16)18-8/h2-3,6-8,16-17H,1,4H2,(H2,11,12,14)/t6-,7+,8+/m0/s1. The van der Waals surface area contributed by atoms with E-state index < -0.39 is 18.4 Å². The molecule has 1 fully saturated rings. The molecule has 8 nitrogen and oxygen atoms in total. The van der Waals surface area contributed by atoms with Crippen LogP contribution < -0.4 is 5.73 Å². The van der Waals surface area contributed by atoms with Crippen LogP contribution in [0, 0.1) is 0 Å². The fourth-order valence-corrected chi connectivity index (χ4v) is 2.09. The molecule has 3 atom stereocenters. The van der Waals surface area contributed by atoms with Crippen LogP contribution in [-0.2, 0) is 4.74 Å². The maximum absolute atomic E-state index is 9.70. The highest BCUT2D eigenvalue weighted by atomic mass is 16.5. The summed E-state index contributed by atoms with van der Waals surface area (Å²) in [5.41, 5.74) is 6.09. The highest BCUT2D eigenvalue weighted by molar-refractivity contribution is 5.74. The van der Waals surface area contributed by atoms with Crippen LogP contribution in [0.2, 0.25) is 0 Å². The molecule has 1 saturated heterocycles. The minimum atomic E-state index is -0.710. The van der Waals surface area contributed by atoms with Crippen LogP contribution >= 0.6 is 0 Å². The summed E-state index contributed by atoms with van der Waals surface area (Å²) in [7, 11) is 0. The Hall–Kier alpha value is -1.77. The van der Waals surface area contributed by atoms with E-state index in [1.165, 1.54) is 0 Å². The van der Waals surface area contributed by atoms with E-state index in [0.29, 0.717) is 12.1 Å². The molecule has 4 N–H and O–H groups in total. The molecule has 18 heavy (non-hydrogen) atoms. The number of hydrogen-bond donors (Lipinski definition) is 3. The molecule has 0 bridgehead atoms. The lowest BCUT2D eigenvalue weighted by molar-refractivity contribution is -0.0470. The first-order valence-corrected chi connectivity index (χ1v) is 5.59. The number of nitrogens with two attached hydrogens (primary N) is 1. The van der Waals surface area contributed by atoms with E-state index in [1.54, 1.807) is 17.1 Å². The zero-order valence-corrected chi connectivity index (χ0v) is 9.47. The molecule has 3 heterocycles. The molecule has 0 amide bonds. The lowest BCUT2D eigenvalue weighted by Crippen LogP contribution is -2.24. The summed E-state index contributed by atoms with van der Waals surface area (Å²) in [5.74, 6) is 0.154. The van der Waals surface area contributed by atoms with Crippen molar-refractivity contribution in [2.24, 2.45) is 0 Å². The highest BCUT2D eigenvalue weighted by Gasteiger charge is 2.35. The number of hydrogen-bond acceptors (Lipinski definition) is 7. The second kappa shape index (κ2) is 4.16. The molecule has 1 aliphatic heterocycles. The molecule has 0 spiro atoms. The average Bonchev–Trinajstić information content (AvgIpc) is 2.91. The van der Waals surface area contributed by atoms with Crippen molar-refractivity contribution in [2.75, 3.05) is 12.3 Å². The number of anilines is 1. The summed E-state index contributed by atoms with van der Waals surface area (Å²) >= 11 is 0. The quantitative estimate of drug-likeness (QED) is 0.629. The van der Waals surface area contributed by atoms with Crippen molar-refractivity contribution in [3.05, 3.63) is 12.4 Å². The summed E-state index contributed by atoms with van der Waals surface area (Å²) in [4.78, 5) is 7.98. The Kier molecular flexibility index (Phi) is 2.62. The average molecular weight is 251 g/mol. The fraction of sp³-hybridized carbons (Fsp3) is 0.500. The van der Waals surface area contributed by atoms with Gasteiger partial charge in [-0.2, -0.15) is 10.1 Å². The first kappa shape index (κ1) is 11.3. The largest absolute Gasteiger partial charge is 0.394 e. The monoisotopic (exact) mass is 251 g/mol. The Bertz CT molecular complexity index is 572. The third-order valence-corrected chi connectivity index (χ3v) is 3.01. The number of fused-ring (bicyclic) bond motifs is 1. The van der Waals surface area contributed by atoms with Crippen molar-refractivity contribution in [3.63, 3.8) is 0 Å². The van der Waals surface area contributed by atoms with Crippen LogP contribution in [0.4, 0.5) is 5.95 Å². The second-order valence-corrected chi connectivity index (χ2v) is 4.21. The molecule has 1 aliphatic rings. The SMILES string of the molecule is Nc1ncc2cnn([C@H]3C[C@H](O)[C@@H](CO)O3)c2n1. The Labute approximate surface area is 102 Å². The number of aliphatic hydroxyl groups excluding tert-OH is 2. The molecule has 0 unspecified atom stereocenters. The Morgan fingerprint density at radius 2 is 2.33 bits per heavy atom. The van der Waals surface area contributed by atoms with E-state index in [4.69, 9.17) is 15.6 Å².